The fourth-order valence-corrected chi connectivity index (χ4v) is 1.93. The van der Waals surface area contributed by atoms with E-state index in [1.54, 1.807) is 0 Å². The maximum absolute atomic E-state index is 9.78. The van der Waals surface area contributed by atoms with E-state index in [0.29, 0.717) is 24.9 Å². The number of ether oxygens (including phenoxy) is 1. The first-order chi connectivity index (χ1) is 7.84. The maximum Gasteiger partial charge on any atom is 0.177 e. The molecule has 1 N–H and O–H groups in total. The number of anilines is 1. The minimum atomic E-state index is 0.173. The van der Waals surface area contributed by atoms with Gasteiger partial charge in [-0.2, -0.15) is 0 Å². The fourth-order valence-electron chi connectivity index (χ4n) is 1.93. The lowest BCUT2D eigenvalue weighted by molar-refractivity contribution is 0.122. The van der Waals surface area contributed by atoms with Gasteiger partial charge in [0, 0.05) is 19.0 Å². The quantitative estimate of drug-likeness (QED) is 0.804. The van der Waals surface area contributed by atoms with Crippen LogP contribution in [0.3, 0.4) is 0 Å². The average Bonchev–Trinajstić information content (AvgIpc) is 3.15. The number of hydrogen-bond acceptors (Lipinski definition) is 5. The van der Waals surface area contributed by atoms with E-state index in [1.807, 2.05) is 0 Å². The number of hydrogen-bond donors (Lipinski definition) is 1. The van der Waals surface area contributed by atoms with E-state index in [-0.39, 0.29) is 5.75 Å². The zero-order chi connectivity index (χ0) is 11.0. The van der Waals surface area contributed by atoms with Crippen LogP contribution >= 0.6 is 0 Å². The molecule has 0 radical (unpaired) electrons. The molecule has 5 nitrogen and oxygen atoms in total. The first-order valence-corrected chi connectivity index (χ1v) is 5.73. The van der Waals surface area contributed by atoms with Gasteiger partial charge in [0.2, 0.25) is 0 Å². The highest BCUT2D eigenvalue weighted by atomic mass is 16.5. The maximum atomic E-state index is 9.78. The monoisotopic (exact) mass is 221 g/mol. The summed E-state index contributed by atoms with van der Waals surface area (Å²) >= 11 is 0. The molecule has 1 aliphatic carbocycles. The van der Waals surface area contributed by atoms with Crippen molar-refractivity contribution in [1.82, 2.24) is 9.97 Å². The molecule has 16 heavy (non-hydrogen) atoms. The van der Waals surface area contributed by atoms with Gasteiger partial charge in [0.25, 0.3) is 0 Å². The van der Waals surface area contributed by atoms with Crippen LogP contribution in [-0.2, 0) is 4.74 Å². The second-order valence-corrected chi connectivity index (χ2v) is 4.31. The van der Waals surface area contributed by atoms with E-state index < -0.39 is 0 Å². The van der Waals surface area contributed by atoms with Crippen LogP contribution < -0.4 is 4.90 Å². The number of morpholine rings is 1. The molecule has 3 rings (SSSR count). The molecule has 0 unspecified atom stereocenters. The molecule has 2 aliphatic rings. The van der Waals surface area contributed by atoms with Crippen LogP contribution in [-0.4, -0.2) is 41.4 Å². The minimum absolute atomic E-state index is 0.173. The van der Waals surface area contributed by atoms with Gasteiger partial charge in [0.1, 0.15) is 5.82 Å². The summed E-state index contributed by atoms with van der Waals surface area (Å²) in [6, 6.07) is 0. The van der Waals surface area contributed by atoms with Crippen molar-refractivity contribution in [3.63, 3.8) is 0 Å². The van der Waals surface area contributed by atoms with Crippen molar-refractivity contribution in [3.8, 4) is 5.75 Å². The number of nitrogens with zero attached hydrogens (tertiary/aromatic N) is 3. The molecule has 1 aromatic rings. The third-order valence-electron chi connectivity index (χ3n) is 3.02. The molecule has 0 bridgehead atoms. The van der Waals surface area contributed by atoms with Crippen LogP contribution in [0.1, 0.15) is 24.6 Å². The van der Waals surface area contributed by atoms with Crippen molar-refractivity contribution >= 4 is 5.82 Å². The summed E-state index contributed by atoms with van der Waals surface area (Å²) in [6.45, 7) is 2.97. The third-order valence-corrected chi connectivity index (χ3v) is 3.02. The highest BCUT2D eigenvalue weighted by Crippen LogP contribution is 2.39. The van der Waals surface area contributed by atoms with Crippen molar-refractivity contribution in [2.24, 2.45) is 0 Å². The smallest absolute Gasteiger partial charge is 0.177 e. The molecule has 1 saturated carbocycles. The number of aromatic hydroxyl groups is 1. The first kappa shape index (κ1) is 9.84. The molecular formula is C11H15N3O2. The number of aromatic nitrogens is 2. The third kappa shape index (κ3) is 1.82. The number of rotatable bonds is 2. The lowest BCUT2D eigenvalue weighted by atomic mass is 10.3. The Morgan fingerprint density at radius 1 is 1.31 bits per heavy atom. The minimum Gasteiger partial charge on any atom is -0.503 e. The van der Waals surface area contributed by atoms with Crippen LogP contribution in [0.2, 0.25) is 0 Å². The molecule has 0 amide bonds. The topological polar surface area (TPSA) is 58.5 Å². The lowest BCUT2D eigenvalue weighted by Crippen LogP contribution is -2.37. The van der Waals surface area contributed by atoms with E-state index >= 15 is 0 Å². The van der Waals surface area contributed by atoms with Gasteiger partial charge in [0.05, 0.1) is 19.4 Å². The summed E-state index contributed by atoms with van der Waals surface area (Å²) in [5.41, 5.74) is 0. The summed E-state index contributed by atoms with van der Waals surface area (Å²) in [4.78, 5) is 10.7. The van der Waals surface area contributed by atoms with E-state index in [1.165, 1.54) is 19.0 Å². The Balaban J connectivity index is 1.88. The van der Waals surface area contributed by atoms with E-state index in [0.717, 1.165) is 18.9 Å². The molecular weight excluding hydrogens is 206 g/mol. The molecule has 0 aromatic carbocycles. The largest absolute Gasteiger partial charge is 0.503 e. The standard InChI is InChI=1S/C11H15N3O2/c15-9-7-12-10(8-1-2-8)13-11(9)14-3-5-16-6-4-14/h7-8,15H,1-6H2. The fraction of sp³-hybridized carbons (Fsp3) is 0.636. The van der Waals surface area contributed by atoms with Crippen LogP contribution in [0.25, 0.3) is 0 Å². The second-order valence-electron chi connectivity index (χ2n) is 4.31. The van der Waals surface area contributed by atoms with Crippen LogP contribution in [0.5, 0.6) is 5.75 Å². The Kier molecular flexibility index (Phi) is 2.40. The van der Waals surface area contributed by atoms with Gasteiger partial charge in [-0.05, 0) is 12.8 Å². The Bertz CT molecular complexity index is 387. The van der Waals surface area contributed by atoms with Gasteiger partial charge in [-0.25, -0.2) is 9.97 Å². The van der Waals surface area contributed by atoms with Crippen LogP contribution in [0, 0.1) is 0 Å². The highest BCUT2D eigenvalue weighted by Gasteiger charge is 2.28. The lowest BCUT2D eigenvalue weighted by Gasteiger charge is -2.28. The predicted molar refractivity (Wildman–Crippen MR) is 58.7 cm³/mol. The zero-order valence-electron chi connectivity index (χ0n) is 9.09. The molecule has 86 valence electrons. The molecule has 5 heteroatoms. The van der Waals surface area contributed by atoms with Gasteiger partial charge in [0.15, 0.2) is 11.6 Å². The van der Waals surface area contributed by atoms with E-state index in [2.05, 4.69) is 14.9 Å². The van der Waals surface area contributed by atoms with Gasteiger partial charge >= 0.3 is 0 Å². The summed E-state index contributed by atoms with van der Waals surface area (Å²) in [6.07, 6.45) is 3.87. The Labute approximate surface area is 94.1 Å². The van der Waals surface area contributed by atoms with Crippen molar-refractivity contribution in [2.45, 2.75) is 18.8 Å². The molecule has 0 atom stereocenters. The molecule has 0 spiro atoms. The Hall–Kier alpha value is -1.36. The zero-order valence-corrected chi connectivity index (χ0v) is 9.09. The molecule has 1 saturated heterocycles. The van der Waals surface area contributed by atoms with Crippen molar-refractivity contribution in [1.29, 1.82) is 0 Å². The Morgan fingerprint density at radius 3 is 2.75 bits per heavy atom. The average molecular weight is 221 g/mol. The van der Waals surface area contributed by atoms with Crippen molar-refractivity contribution in [3.05, 3.63) is 12.0 Å². The van der Waals surface area contributed by atoms with Gasteiger partial charge in [-0.3, -0.25) is 0 Å². The summed E-state index contributed by atoms with van der Waals surface area (Å²) in [5.74, 6) is 2.23. The van der Waals surface area contributed by atoms with Gasteiger partial charge in [-0.15, -0.1) is 0 Å². The summed E-state index contributed by atoms with van der Waals surface area (Å²) < 4.78 is 5.28. The first-order valence-electron chi connectivity index (χ1n) is 5.73. The molecule has 1 aromatic heterocycles. The molecule has 2 fully saturated rings. The summed E-state index contributed by atoms with van der Waals surface area (Å²) in [7, 11) is 0. The van der Waals surface area contributed by atoms with Gasteiger partial charge in [-0.1, -0.05) is 0 Å². The molecule has 1 aliphatic heterocycles. The molecule has 2 heterocycles. The highest BCUT2D eigenvalue weighted by molar-refractivity contribution is 5.51. The normalized spacial score (nSPS) is 21.1. The van der Waals surface area contributed by atoms with Crippen molar-refractivity contribution in [2.75, 3.05) is 31.2 Å². The van der Waals surface area contributed by atoms with Gasteiger partial charge < -0.3 is 14.7 Å². The van der Waals surface area contributed by atoms with Crippen LogP contribution in [0.4, 0.5) is 5.82 Å². The Morgan fingerprint density at radius 2 is 2.06 bits per heavy atom. The van der Waals surface area contributed by atoms with Crippen molar-refractivity contribution < 1.29 is 9.84 Å². The predicted octanol–water partition coefficient (Wildman–Crippen LogP) is 0.896. The SMILES string of the molecule is Oc1cnc(C2CC2)nc1N1CCOCC1. The van der Waals surface area contributed by atoms with Crippen LogP contribution in [0.15, 0.2) is 6.20 Å². The van der Waals surface area contributed by atoms with E-state index in [4.69, 9.17) is 4.74 Å². The summed E-state index contributed by atoms with van der Waals surface area (Å²) in [5, 5.41) is 9.78. The van der Waals surface area contributed by atoms with E-state index in [9.17, 15) is 5.11 Å². The second kappa shape index (κ2) is 3.90.